The van der Waals surface area contributed by atoms with Crippen molar-refractivity contribution in [2.45, 2.75) is 44.6 Å². The Labute approximate surface area is 183 Å². The van der Waals surface area contributed by atoms with Crippen LogP contribution < -0.4 is 9.64 Å². The molecule has 0 saturated carbocycles. The number of amides is 1. The summed E-state index contributed by atoms with van der Waals surface area (Å²) in [5.74, 6) is -0.174. The second-order valence-electron chi connectivity index (χ2n) is 7.84. The van der Waals surface area contributed by atoms with Gasteiger partial charge in [0.1, 0.15) is 10.6 Å². The molecule has 166 valence electrons. The van der Waals surface area contributed by atoms with Crippen LogP contribution in [-0.4, -0.2) is 51.2 Å². The second-order valence-corrected chi connectivity index (χ2v) is 9.81. The number of likely N-dealkylation sites (N-methyl/N-ethyl adjacent to an activating group) is 1. The van der Waals surface area contributed by atoms with Gasteiger partial charge in [-0.3, -0.25) is 9.59 Å². The van der Waals surface area contributed by atoms with Crippen molar-refractivity contribution in [3.05, 3.63) is 53.1 Å². The Balaban J connectivity index is 1.96. The zero-order valence-electron chi connectivity index (χ0n) is 18.5. The lowest BCUT2D eigenvalue weighted by atomic mass is 10.0. The highest BCUT2D eigenvalue weighted by Crippen LogP contribution is 2.33. The molecule has 1 saturated heterocycles. The summed E-state index contributed by atoms with van der Waals surface area (Å²) < 4.78 is 33.2. The summed E-state index contributed by atoms with van der Waals surface area (Å²) in [6.45, 7) is 5.97. The van der Waals surface area contributed by atoms with Crippen molar-refractivity contribution in [3.8, 4) is 5.75 Å². The number of Topliss-reactive ketones (excluding diaryl/α,β-unsaturated/α-hetero) is 1. The number of benzene rings is 2. The summed E-state index contributed by atoms with van der Waals surface area (Å²) in [6.07, 6.45) is 1.17. The molecule has 0 bridgehead atoms. The van der Waals surface area contributed by atoms with E-state index in [1.807, 2.05) is 19.9 Å². The average Bonchev–Trinajstić information content (AvgIpc) is 3.19. The van der Waals surface area contributed by atoms with Gasteiger partial charge in [0, 0.05) is 31.3 Å². The van der Waals surface area contributed by atoms with E-state index in [9.17, 15) is 18.0 Å². The molecule has 1 fully saturated rings. The van der Waals surface area contributed by atoms with Crippen molar-refractivity contribution in [3.63, 3.8) is 0 Å². The number of nitrogens with zero attached hydrogens (tertiary/aromatic N) is 2. The monoisotopic (exact) mass is 444 g/mol. The quantitative estimate of drug-likeness (QED) is 0.612. The molecule has 1 heterocycles. The van der Waals surface area contributed by atoms with E-state index in [1.54, 1.807) is 30.0 Å². The number of carbonyl (C=O) groups is 2. The van der Waals surface area contributed by atoms with Gasteiger partial charge in [0.05, 0.1) is 13.2 Å². The number of ketones is 1. The molecule has 1 unspecified atom stereocenters. The molecule has 0 spiro atoms. The molecular weight excluding hydrogens is 416 g/mol. The van der Waals surface area contributed by atoms with Crippen LogP contribution in [0.25, 0.3) is 0 Å². The number of hydrogen-bond donors (Lipinski definition) is 0. The van der Waals surface area contributed by atoms with Crippen molar-refractivity contribution in [2.75, 3.05) is 25.6 Å². The SMILES string of the molecule is COc1ccc(N2CCCC2=O)cc1S(=O)(=O)N(C)C(C)C(=O)c1ccc(C)c(C)c1. The molecule has 2 aromatic carbocycles. The number of methoxy groups -OCH3 is 1. The largest absolute Gasteiger partial charge is 0.495 e. The van der Waals surface area contributed by atoms with Gasteiger partial charge in [0.2, 0.25) is 15.9 Å². The predicted octanol–water partition coefficient (Wildman–Crippen LogP) is 3.33. The fraction of sp³-hybridized carbons (Fsp3) is 0.391. The molecule has 1 atom stereocenters. The van der Waals surface area contributed by atoms with Gasteiger partial charge in [-0.25, -0.2) is 8.42 Å². The average molecular weight is 445 g/mol. The summed E-state index contributed by atoms with van der Waals surface area (Å²) in [5, 5.41) is 0. The highest BCUT2D eigenvalue weighted by Gasteiger charge is 2.33. The highest BCUT2D eigenvalue weighted by molar-refractivity contribution is 7.89. The molecule has 31 heavy (non-hydrogen) atoms. The zero-order chi connectivity index (χ0) is 22.9. The van der Waals surface area contributed by atoms with E-state index in [2.05, 4.69) is 0 Å². The number of ether oxygens (including phenoxy) is 1. The van der Waals surface area contributed by atoms with Crippen LogP contribution in [0.1, 0.15) is 41.3 Å². The lowest BCUT2D eigenvalue weighted by Gasteiger charge is -2.25. The Hall–Kier alpha value is -2.71. The maximum Gasteiger partial charge on any atom is 0.247 e. The van der Waals surface area contributed by atoms with Gasteiger partial charge in [0.15, 0.2) is 5.78 Å². The number of sulfonamides is 1. The van der Waals surface area contributed by atoms with Gasteiger partial charge in [-0.2, -0.15) is 4.31 Å². The molecule has 0 aliphatic carbocycles. The minimum atomic E-state index is -4.07. The second kappa shape index (κ2) is 8.80. The van der Waals surface area contributed by atoms with Crippen LogP contribution in [-0.2, 0) is 14.8 Å². The molecule has 0 N–H and O–H groups in total. The normalized spacial score (nSPS) is 15.4. The summed E-state index contributed by atoms with van der Waals surface area (Å²) in [4.78, 5) is 26.6. The first-order valence-corrected chi connectivity index (χ1v) is 11.6. The van der Waals surface area contributed by atoms with Crippen molar-refractivity contribution < 1.29 is 22.7 Å². The van der Waals surface area contributed by atoms with E-state index in [1.165, 1.54) is 26.3 Å². The van der Waals surface area contributed by atoms with Crippen molar-refractivity contribution in [1.82, 2.24) is 4.31 Å². The minimum absolute atomic E-state index is 0.0415. The smallest absolute Gasteiger partial charge is 0.247 e. The Kier molecular flexibility index (Phi) is 6.52. The van der Waals surface area contributed by atoms with E-state index >= 15 is 0 Å². The van der Waals surface area contributed by atoms with E-state index in [0.29, 0.717) is 24.2 Å². The Morgan fingerprint density at radius 3 is 2.42 bits per heavy atom. The zero-order valence-corrected chi connectivity index (χ0v) is 19.3. The molecule has 1 aliphatic rings. The maximum atomic E-state index is 13.4. The molecule has 7 nitrogen and oxygen atoms in total. The fourth-order valence-corrected chi connectivity index (χ4v) is 5.12. The van der Waals surface area contributed by atoms with Crippen LogP contribution >= 0.6 is 0 Å². The maximum absolute atomic E-state index is 13.4. The minimum Gasteiger partial charge on any atom is -0.495 e. The van der Waals surface area contributed by atoms with Gasteiger partial charge in [-0.1, -0.05) is 12.1 Å². The van der Waals surface area contributed by atoms with E-state index in [0.717, 1.165) is 21.9 Å². The van der Waals surface area contributed by atoms with E-state index in [4.69, 9.17) is 4.74 Å². The molecule has 1 aliphatic heterocycles. The van der Waals surface area contributed by atoms with Gasteiger partial charge in [-0.15, -0.1) is 0 Å². The number of carbonyl (C=O) groups excluding carboxylic acids is 2. The van der Waals surface area contributed by atoms with E-state index in [-0.39, 0.29) is 22.3 Å². The topological polar surface area (TPSA) is 84.0 Å². The molecule has 1 amide bonds. The number of rotatable bonds is 7. The number of aryl methyl sites for hydroxylation is 2. The first-order valence-electron chi connectivity index (χ1n) is 10.2. The van der Waals surface area contributed by atoms with Crippen LogP contribution in [0.4, 0.5) is 5.69 Å². The van der Waals surface area contributed by atoms with Crippen molar-refractivity contribution >= 4 is 27.4 Å². The lowest BCUT2D eigenvalue weighted by Crippen LogP contribution is -2.40. The van der Waals surface area contributed by atoms with Crippen LogP contribution in [0.3, 0.4) is 0 Å². The molecule has 2 aromatic rings. The fourth-order valence-electron chi connectivity index (χ4n) is 3.62. The summed E-state index contributed by atoms with van der Waals surface area (Å²) in [5.41, 5.74) is 2.99. The van der Waals surface area contributed by atoms with Gasteiger partial charge in [0.25, 0.3) is 0 Å². The van der Waals surface area contributed by atoms with Crippen LogP contribution in [0.5, 0.6) is 5.75 Å². The van der Waals surface area contributed by atoms with Crippen molar-refractivity contribution in [1.29, 1.82) is 0 Å². The van der Waals surface area contributed by atoms with Crippen LogP contribution in [0.15, 0.2) is 41.3 Å². The van der Waals surface area contributed by atoms with Crippen molar-refractivity contribution in [2.24, 2.45) is 0 Å². The Morgan fingerprint density at radius 1 is 1.13 bits per heavy atom. The standard InChI is InChI=1S/C23H28N2O5S/c1-15-8-9-18(13-16(15)2)23(27)17(3)24(4)31(28,29)21-14-19(10-11-20(21)30-5)25-12-6-7-22(25)26/h8-11,13-14,17H,6-7,12H2,1-5H3. The summed E-state index contributed by atoms with van der Waals surface area (Å²) >= 11 is 0. The molecule has 0 aromatic heterocycles. The lowest BCUT2D eigenvalue weighted by molar-refractivity contribution is -0.117. The molecule has 3 rings (SSSR count). The third-order valence-corrected chi connectivity index (χ3v) is 7.85. The van der Waals surface area contributed by atoms with Gasteiger partial charge in [-0.05, 0) is 62.6 Å². The van der Waals surface area contributed by atoms with Gasteiger partial charge >= 0.3 is 0 Å². The first kappa shape index (κ1) is 23.0. The first-order chi connectivity index (χ1) is 14.6. The summed E-state index contributed by atoms with van der Waals surface area (Å²) in [6, 6.07) is 9.07. The van der Waals surface area contributed by atoms with Crippen LogP contribution in [0, 0.1) is 13.8 Å². The predicted molar refractivity (Wildman–Crippen MR) is 119 cm³/mol. The van der Waals surface area contributed by atoms with E-state index < -0.39 is 16.1 Å². The van der Waals surface area contributed by atoms with Crippen LogP contribution in [0.2, 0.25) is 0 Å². The van der Waals surface area contributed by atoms with Gasteiger partial charge < -0.3 is 9.64 Å². The third-order valence-electron chi connectivity index (χ3n) is 5.91. The molecule has 0 radical (unpaired) electrons. The Bertz CT molecular complexity index is 1130. The number of hydrogen-bond acceptors (Lipinski definition) is 5. The third kappa shape index (κ3) is 4.36. The summed E-state index contributed by atoms with van der Waals surface area (Å²) in [7, 11) is -1.30. The molecular formula is C23H28N2O5S. The highest BCUT2D eigenvalue weighted by atomic mass is 32.2. The Morgan fingerprint density at radius 2 is 1.84 bits per heavy atom. The number of anilines is 1. The molecule has 8 heteroatoms.